The number of H-pyrrole nitrogens is 1. The maximum atomic E-state index is 12.3. The van der Waals surface area contributed by atoms with Gasteiger partial charge in [-0.25, -0.2) is 0 Å². The number of non-ortho nitro benzene ring substituents is 1. The topological polar surface area (TPSA) is 162 Å². The highest BCUT2D eigenvalue weighted by Gasteiger charge is 2.18. The third-order valence-corrected chi connectivity index (χ3v) is 3.35. The molecule has 3 aromatic rings. The molecule has 2 heterocycles. The van der Waals surface area contributed by atoms with Crippen LogP contribution in [0.5, 0.6) is 0 Å². The summed E-state index contributed by atoms with van der Waals surface area (Å²) in [6, 6.07) is 8.32. The van der Waals surface area contributed by atoms with E-state index in [2.05, 4.69) is 20.3 Å². The number of hydrogen-bond acceptors (Lipinski definition) is 8. The average molecular weight is 353 g/mol. The number of aromatic amines is 1. The van der Waals surface area contributed by atoms with Gasteiger partial charge >= 0.3 is 0 Å². The number of pyridine rings is 1. The molecule has 0 saturated heterocycles. The number of nitrogen functional groups attached to an aromatic ring is 1. The summed E-state index contributed by atoms with van der Waals surface area (Å²) in [5, 5.41) is 20.5. The zero-order valence-corrected chi connectivity index (χ0v) is 13.1. The second kappa shape index (κ2) is 6.76. The minimum absolute atomic E-state index is 0.102. The fraction of sp³-hybridized carbons (Fsp3) is 0. The molecule has 0 spiro atoms. The summed E-state index contributed by atoms with van der Waals surface area (Å²) in [5.74, 6) is -0.793. The number of nitro benzene ring substituents is 1. The number of hydrogen-bond donors (Lipinski definition) is 2. The predicted octanol–water partition coefficient (Wildman–Crippen LogP) is 2.17. The van der Waals surface area contributed by atoms with Gasteiger partial charge in [0, 0.05) is 24.5 Å². The lowest BCUT2D eigenvalue weighted by Crippen LogP contribution is -2.17. The molecule has 0 fully saturated rings. The fourth-order valence-corrected chi connectivity index (χ4v) is 2.06. The summed E-state index contributed by atoms with van der Waals surface area (Å²) >= 11 is 0. The van der Waals surface area contributed by atoms with Gasteiger partial charge in [0.15, 0.2) is 11.5 Å². The molecule has 0 aliphatic carbocycles. The lowest BCUT2D eigenvalue weighted by atomic mass is 10.3. The van der Waals surface area contributed by atoms with Crippen molar-refractivity contribution in [1.82, 2.24) is 14.8 Å². The summed E-state index contributed by atoms with van der Waals surface area (Å²) in [4.78, 5) is 38.2. The lowest BCUT2D eigenvalue weighted by Gasteiger charge is -2.02. The number of nitro groups is 1. The van der Waals surface area contributed by atoms with Gasteiger partial charge in [-0.2, -0.15) is 9.80 Å². The number of carbonyl (C=O) groups excluding carboxylic acids is 1. The number of rotatable bonds is 4. The minimum Gasteiger partial charge on any atom is -0.382 e. The average Bonchev–Trinajstić information content (AvgIpc) is 2.94. The van der Waals surface area contributed by atoms with Crippen LogP contribution in [-0.2, 0) is 0 Å². The van der Waals surface area contributed by atoms with Crippen molar-refractivity contribution in [2.75, 3.05) is 5.73 Å². The highest BCUT2D eigenvalue weighted by molar-refractivity contribution is 5.97. The van der Waals surface area contributed by atoms with Gasteiger partial charge in [0.25, 0.3) is 17.2 Å². The summed E-state index contributed by atoms with van der Waals surface area (Å²) in [7, 11) is 0. The molecule has 0 bridgehead atoms. The van der Waals surface area contributed by atoms with E-state index in [1.807, 2.05) is 0 Å². The van der Waals surface area contributed by atoms with Crippen LogP contribution in [0.1, 0.15) is 10.4 Å². The lowest BCUT2D eigenvalue weighted by molar-refractivity contribution is -0.384. The normalized spacial score (nSPS) is 10.9. The summed E-state index contributed by atoms with van der Waals surface area (Å²) in [6.45, 7) is 0. The van der Waals surface area contributed by atoms with Crippen LogP contribution in [0.25, 0.3) is 0 Å². The van der Waals surface area contributed by atoms with Crippen LogP contribution in [0, 0.1) is 10.1 Å². The molecule has 0 saturated carbocycles. The molecular formula is C15H11N7O4. The van der Waals surface area contributed by atoms with E-state index in [0.29, 0.717) is 0 Å². The van der Waals surface area contributed by atoms with Gasteiger partial charge in [-0.3, -0.25) is 29.8 Å². The van der Waals surface area contributed by atoms with Crippen LogP contribution < -0.4 is 11.3 Å². The van der Waals surface area contributed by atoms with Crippen LogP contribution in [-0.4, -0.2) is 25.6 Å². The van der Waals surface area contributed by atoms with E-state index >= 15 is 0 Å². The van der Waals surface area contributed by atoms with Gasteiger partial charge in [0.1, 0.15) is 0 Å². The van der Waals surface area contributed by atoms with Gasteiger partial charge in [0.2, 0.25) is 0 Å². The van der Waals surface area contributed by atoms with Gasteiger partial charge < -0.3 is 5.73 Å². The molecular weight excluding hydrogens is 342 g/mol. The first-order valence-electron chi connectivity index (χ1n) is 7.19. The first kappa shape index (κ1) is 16.7. The van der Waals surface area contributed by atoms with E-state index in [1.54, 1.807) is 6.07 Å². The minimum atomic E-state index is -0.703. The molecule has 0 atom stereocenters. The zero-order valence-electron chi connectivity index (χ0n) is 13.1. The molecule has 130 valence electrons. The number of aromatic nitrogens is 3. The van der Waals surface area contributed by atoms with E-state index in [9.17, 15) is 19.7 Å². The van der Waals surface area contributed by atoms with Crippen molar-refractivity contribution in [2.45, 2.75) is 0 Å². The summed E-state index contributed by atoms with van der Waals surface area (Å²) in [6.07, 6.45) is 2.83. The number of nitrogens with zero attached hydrogens (tertiary/aromatic N) is 5. The monoisotopic (exact) mass is 353 g/mol. The largest absolute Gasteiger partial charge is 0.382 e. The number of anilines is 1. The quantitative estimate of drug-likeness (QED) is 0.415. The van der Waals surface area contributed by atoms with Gasteiger partial charge in [-0.1, -0.05) is 0 Å². The molecule has 0 aliphatic rings. The second-order valence-electron chi connectivity index (χ2n) is 5.03. The van der Waals surface area contributed by atoms with E-state index in [0.717, 1.165) is 4.68 Å². The van der Waals surface area contributed by atoms with Gasteiger partial charge in [-0.05, 0) is 24.3 Å². The molecule has 26 heavy (non-hydrogen) atoms. The van der Waals surface area contributed by atoms with Crippen LogP contribution in [0.4, 0.5) is 22.9 Å². The zero-order chi connectivity index (χ0) is 18.7. The Morgan fingerprint density at radius 2 is 1.96 bits per heavy atom. The van der Waals surface area contributed by atoms with Crippen molar-refractivity contribution in [3.05, 3.63) is 74.8 Å². The van der Waals surface area contributed by atoms with Crippen molar-refractivity contribution in [2.24, 2.45) is 10.2 Å². The molecule has 11 heteroatoms. The Hall–Kier alpha value is -4.15. The molecule has 2 aromatic heterocycles. The third kappa shape index (κ3) is 3.21. The maximum Gasteiger partial charge on any atom is 0.294 e. The maximum absolute atomic E-state index is 12.3. The number of benzene rings is 1. The Morgan fingerprint density at radius 1 is 1.23 bits per heavy atom. The Balaban J connectivity index is 1.90. The van der Waals surface area contributed by atoms with Crippen molar-refractivity contribution < 1.29 is 9.72 Å². The number of nitrogens with two attached hydrogens (primary N) is 1. The number of azo groups is 1. The van der Waals surface area contributed by atoms with Crippen molar-refractivity contribution in [3.63, 3.8) is 0 Å². The highest BCUT2D eigenvalue weighted by Crippen LogP contribution is 2.23. The predicted molar refractivity (Wildman–Crippen MR) is 90.7 cm³/mol. The van der Waals surface area contributed by atoms with Crippen LogP contribution in [0.3, 0.4) is 0 Å². The fourth-order valence-electron chi connectivity index (χ4n) is 2.06. The van der Waals surface area contributed by atoms with Gasteiger partial charge in [-0.15, -0.1) is 5.11 Å². The molecule has 0 aliphatic heterocycles. The van der Waals surface area contributed by atoms with Crippen LogP contribution in [0.2, 0.25) is 0 Å². The van der Waals surface area contributed by atoms with E-state index in [1.165, 1.54) is 42.7 Å². The van der Waals surface area contributed by atoms with E-state index < -0.39 is 16.4 Å². The Morgan fingerprint density at radius 3 is 2.58 bits per heavy atom. The van der Waals surface area contributed by atoms with Gasteiger partial charge in [0.05, 0.1) is 16.2 Å². The van der Waals surface area contributed by atoms with Crippen LogP contribution in [0.15, 0.2) is 63.8 Å². The van der Waals surface area contributed by atoms with Crippen molar-refractivity contribution in [3.8, 4) is 0 Å². The molecule has 0 amide bonds. The Bertz CT molecular complexity index is 1050. The molecule has 3 rings (SSSR count). The Kier molecular flexibility index (Phi) is 4.34. The smallest absolute Gasteiger partial charge is 0.294 e. The number of nitrogens with one attached hydrogen (secondary N) is 1. The van der Waals surface area contributed by atoms with Crippen molar-refractivity contribution in [1.29, 1.82) is 0 Å². The number of carbonyl (C=O) groups is 1. The molecule has 0 unspecified atom stereocenters. The molecule has 3 N–H and O–H groups in total. The molecule has 1 aromatic carbocycles. The second-order valence-corrected chi connectivity index (χ2v) is 5.03. The first-order valence-corrected chi connectivity index (χ1v) is 7.19. The summed E-state index contributed by atoms with van der Waals surface area (Å²) in [5.41, 5.74) is 5.27. The molecule has 11 nitrogen and oxygen atoms in total. The SMILES string of the molecule is Nc1c(N=Nc2ccc([N+](=O)[O-])cc2)c(=O)[nH]n1C(=O)c1cccnc1. The van der Waals surface area contributed by atoms with E-state index in [4.69, 9.17) is 5.73 Å². The standard InChI is InChI=1S/C15H11N7O4/c16-13-12(19-18-10-3-5-11(6-4-10)22(25)26)14(23)20-21(13)15(24)9-2-1-7-17-8-9/h1-8H,16H2,(H,20,23). The third-order valence-electron chi connectivity index (χ3n) is 3.35. The van der Waals surface area contributed by atoms with E-state index in [-0.39, 0.29) is 28.4 Å². The van der Waals surface area contributed by atoms with Crippen molar-refractivity contribution >= 4 is 28.8 Å². The molecule has 0 radical (unpaired) electrons. The van der Waals surface area contributed by atoms with Crippen LogP contribution >= 0.6 is 0 Å². The summed E-state index contributed by atoms with van der Waals surface area (Å²) < 4.78 is 0.851. The first-order chi connectivity index (χ1) is 12.5. The highest BCUT2D eigenvalue weighted by atomic mass is 16.6. The Labute approximate surface area is 145 Å².